The van der Waals surface area contributed by atoms with E-state index < -0.39 is 6.10 Å². The molecule has 1 rings (SSSR count). The summed E-state index contributed by atoms with van der Waals surface area (Å²) in [6, 6.07) is 3.86. The van der Waals surface area contributed by atoms with E-state index in [0.717, 1.165) is 24.3 Å². The van der Waals surface area contributed by atoms with Gasteiger partial charge in [0.2, 0.25) is 0 Å². The van der Waals surface area contributed by atoms with E-state index in [-0.39, 0.29) is 0 Å². The molecule has 1 N–H and O–H groups in total. The van der Waals surface area contributed by atoms with Gasteiger partial charge in [-0.1, -0.05) is 6.92 Å². The van der Waals surface area contributed by atoms with Gasteiger partial charge >= 0.3 is 0 Å². The molecule has 0 aliphatic heterocycles. The highest BCUT2D eigenvalue weighted by atomic mass is 16.3. The normalized spacial score (nSPS) is 12.6. The third-order valence-corrected chi connectivity index (χ3v) is 2.20. The Morgan fingerprint density at radius 1 is 1.50 bits per heavy atom. The molecule has 0 amide bonds. The maximum atomic E-state index is 9.28. The lowest BCUT2D eigenvalue weighted by molar-refractivity contribution is 0.194. The number of hydrogen-bond acceptors (Lipinski definition) is 3. The first kappa shape index (κ1) is 11.0. The van der Waals surface area contributed by atoms with Gasteiger partial charge in [0, 0.05) is 13.6 Å². The number of aliphatic hydroxyl groups excluding tert-OH is 1. The fourth-order valence-electron chi connectivity index (χ4n) is 1.33. The summed E-state index contributed by atoms with van der Waals surface area (Å²) >= 11 is 0. The molecule has 1 aromatic heterocycles. The van der Waals surface area contributed by atoms with Crippen LogP contribution in [-0.4, -0.2) is 23.7 Å². The van der Waals surface area contributed by atoms with Crippen molar-refractivity contribution in [3.05, 3.63) is 24.0 Å². The molecule has 1 unspecified atom stereocenters. The highest BCUT2D eigenvalue weighted by Gasteiger charge is 2.03. The number of aliphatic hydroxyl groups is 1. The smallest absolute Gasteiger partial charge is 0.0931 e. The van der Waals surface area contributed by atoms with Crippen LogP contribution in [0, 0.1) is 0 Å². The Kier molecular flexibility index (Phi) is 3.89. The number of rotatable bonds is 4. The van der Waals surface area contributed by atoms with Crippen molar-refractivity contribution in [3.8, 4) is 0 Å². The van der Waals surface area contributed by atoms with Gasteiger partial charge in [0.05, 0.1) is 23.7 Å². The zero-order chi connectivity index (χ0) is 10.6. The van der Waals surface area contributed by atoms with Crippen molar-refractivity contribution < 1.29 is 5.11 Å². The van der Waals surface area contributed by atoms with Crippen molar-refractivity contribution in [2.24, 2.45) is 0 Å². The van der Waals surface area contributed by atoms with Gasteiger partial charge in [-0.2, -0.15) is 0 Å². The van der Waals surface area contributed by atoms with Crippen molar-refractivity contribution in [2.75, 3.05) is 18.5 Å². The first-order valence-electron chi connectivity index (χ1n) is 5.00. The Hall–Kier alpha value is -1.09. The molecule has 0 aliphatic rings. The summed E-state index contributed by atoms with van der Waals surface area (Å²) in [6.07, 6.45) is 2.44. The van der Waals surface area contributed by atoms with Crippen LogP contribution in [-0.2, 0) is 0 Å². The quantitative estimate of drug-likeness (QED) is 0.796. The summed E-state index contributed by atoms with van der Waals surface area (Å²) in [6.45, 7) is 4.89. The molecule has 0 aromatic carbocycles. The first-order chi connectivity index (χ1) is 6.65. The number of nitrogens with zero attached hydrogens (tertiary/aromatic N) is 2. The van der Waals surface area contributed by atoms with E-state index in [2.05, 4.69) is 16.8 Å². The summed E-state index contributed by atoms with van der Waals surface area (Å²) in [5.41, 5.74) is 1.81. The summed E-state index contributed by atoms with van der Waals surface area (Å²) in [5, 5.41) is 9.28. The molecular weight excluding hydrogens is 176 g/mol. The van der Waals surface area contributed by atoms with E-state index in [1.54, 1.807) is 13.1 Å². The van der Waals surface area contributed by atoms with Crippen LogP contribution in [0.3, 0.4) is 0 Å². The standard InChI is InChI=1S/C11H18N2O/c1-4-7-13(3)10-5-6-11(9(2)14)12-8-10/h5-6,8-9,14H,4,7H2,1-3H3. The molecule has 0 bridgehead atoms. The summed E-state index contributed by atoms with van der Waals surface area (Å²) in [4.78, 5) is 6.34. The Balaban J connectivity index is 2.72. The van der Waals surface area contributed by atoms with Gasteiger partial charge in [-0.3, -0.25) is 4.98 Å². The van der Waals surface area contributed by atoms with E-state index in [1.807, 2.05) is 19.2 Å². The number of hydrogen-bond donors (Lipinski definition) is 1. The summed E-state index contributed by atoms with van der Waals surface area (Å²) < 4.78 is 0. The molecule has 0 saturated carbocycles. The minimum Gasteiger partial charge on any atom is -0.387 e. The van der Waals surface area contributed by atoms with Crippen LogP contribution in [0.15, 0.2) is 18.3 Å². The first-order valence-corrected chi connectivity index (χ1v) is 5.00. The Labute approximate surface area is 85.4 Å². The van der Waals surface area contributed by atoms with Crippen molar-refractivity contribution in [1.82, 2.24) is 4.98 Å². The van der Waals surface area contributed by atoms with Gasteiger partial charge in [-0.15, -0.1) is 0 Å². The topological polar surface area (TPSA) is 36.4 Å². The third kappa shape index (κ3) is 2.70. The second kappa shape index (κ2) is 4.96. The SMILES string of the molecule is CCCN(C)c1ccc(C(C)O)nc1. The van der Waals surface area contributed by atoms with Gasteiger partial charge in [0.25, 0.3) is 0 Å². The largest absolute Gasteiger partial charge is 0.387 e. The molecule has 1 heterocycles. The van der Waals surface area contributed by atoms with E-state index in [4.69, 9.17) is 0 Å². The Morgan fingerprint density at radius 3 is 2.64 bits per heavy atom. The molecule has 3 heteroatoms. The van der Waals surface area contributed by atoms with Gasteiger partial charge in [0.1, 0.15) is 0 Å². The zero-order valence-electron chi connectivity index (χ0n) is 9.07. The average Bonchev–Trinajstić information content (AvgIpc) is 2.18. The van der Waals surface area contributed by atoms with Crippen LogP contribution < -0.4 is 4.90 Å². The molecular formula is C11H18N2O. The average molecular weight is 194 g/mol. The van der Waals surface area contributed by atoms with Gasteiger partial charge in [-0.25, -0.2) is 0 Å². The molecule has 0 fully saturated rings. The highest BCUT2D eigenvalue weighted by molar-refractivity contribution is 5.43. The number of anilines is 1. The van der Waals surface area contributed by atoms with Crippen molar-refractivity contribution in [2.45, 2.75) is 26.4 Å². The maximum absolute atomic E-state index is 9.28. The summed E-state index contributed by atoms with van der Waals surface area (Å²) in [5.74, 6) is 0. The van der Waals surface area contributed by atoms with Crippen LogP contribution >= 0.6 is 0 Å². The lowest BCUT2D eigenvalue weighted by Gasteiger charge is -2.18. The predicted octanol–water partition coefficient (Wildman–Crippen LogP) is 1.98. The van der Waals surface area contributed by atoms with Crippen LogP contribution in [0.25, 0.3) is 0 Å². The van der Waals surface area contributed by atoms with Gasteiger partial charge in [0.15, 0.2) is 0 Å². The van der Waals surface area contributed by atoms with E-state index in [1.165, 1.54) is 0 Å². The lowest BCUT2D eigenvalue weighted by Crippen LogP contribution is -2.17. The molecule has 0 saturated heterocycles. The molecule has 0 aliphatic carbocycles. The molecule has 1 aromatic rings. The third-order valence-electron chi connectivity index (χ3n) is 2.20. The van der Waals surface area contributed by atoms with Crippen LogP contribution in [0.1, 0.15) is 32.1 Å². The van der Waals surface area contributed by atoms with Crippen molar-refractivity contribution in [1.29, 1.82) is 0 Å². The minimum atomic E-state index is -0.486. The van der Waals surface area contributed by atoms with Crippen molar-refractivity contribution in [3.63, 3.8) is 0 Å². The van der Waals surface area contributed by atoms with E-state index >= 15 is 0 Å². The second-order valence-electron chi connectivity index (χ2n) is 3.54. The number of pyridine rings is 1. The molecule has 78 valence electrons. The Morgan fingerprint density at radius 2 is 2.21 bits per heavy atom. The molecule has 14 heavy (non-hydrogen) atoms. The second-order valence-corrected chi connectivity index (χ2v) is 3.54. The fraction of sp³-hybridized carbons (Fsp3) is 0.545. The monoisotopic (exact) mass is 194 g/mol. The van der Waals surface area contributed by atoms with Gasteiger partial charge in [-0.05, 0) is 25.5 Å². The fourth-order valence-corrected chi connectivity index (χ4v) is 1.33. The predicted molar refractivity (Wildman–Crippen MR) is 58.4 cm³/mol. The number of aromatic nitrogens is 1. The molecule has 3 nitrogen and oxygen atoms in total. The molecule has 1 atom stereocenters. The zero-order valence-corrected chi connectivity index (χ0v) is 9.07. The van der Waals surface area contributed by atoms with E-state index in [9.17, 15) is 5.11 Å². The summed E-state index contributed by atoms with van der Waals surface area (Å²) in [7, 11) is 2.04. The van der Waals surface area contributed by atoms with Crippen molar-refractivity contribution >= 4 is 5.69 Å². The Bertz CT molecular complexity index is 269. The van der Waals surface area contributed by atoms with Crippen LogP contribution in [0.2, 0.25) is 0 Å². The minimum absolute atomic E-state index is 0.486. The molecule has 0 radical (unpaired) electrons. The molecule has 0 spiro atoms. The van der Waals surface area contributed by atoms with Crippen LogP contribution in [0.4, 0.5) is 5.69 Å². The maximum Gasteiger partial charge on any atom is 0.0931 e. The van der Waals surface area contributed by atoms with Gasteiger partial charge < -0.3 is 10.0 Å². The van der Waals surface area contributed by atoms with E-state index in [0.29, 0.717) is 0 Å². The lowest BCUT2D eigenvalue weighted by atomic mass is 10.2. The van der Waals surface area contributed by atoms with Crippen LogP contribution in [0.5, 0.6) is 0 Å². The highest BCUT2D eigenvalue weighted by Crippen LogP contribution is 2.15.